The number of benzene rings is 1. The van der Waals surface area contributed by atoms with Crippen LogP contribution in [0, 0.1) is 11.8 Å². The number of carbonyl (C=O) groups excluding carboxylic acids is 2. The zero-order chi connectivity index (χ0) is 19.1. The summed E-state index contributed by atoms with van der Waals surface area (Å²) in [6, 6.07) is 6.79. The van der Waals surface area contributed by atoms with Gasteiger partial charge in [-0.05, 0) is 42.6 Å². The normalized spacial score (nSPS) is 22.2. The Morgan fingerprint density at radius 2 is 1.96 bits per heavy atom. The second-order valence-electron chi connectivity index (χ2n) is 6.67. The highest BCUT2D eigenvalue weighted by atomic mass is 32.1. The van der Waals surface area contributed by atoms with Crippen molar-refractivity contribution in [3.8, 4) is 5.75 Å². The third-order valence-corrected chi connectivity index (χ3v) is 5.07. The van der Waals surface area contributed by atoms with Gasteiger partial charge >= 0.3 is 0 Å². The Morgan fingerprint density at radius 3 is 2.69 bits per heavy atom. The molecule has 0 unspecified atom stereocenters. The van der Waals surface area contributed by atoms with Crippen LogP contribution in [-0.4, -0.2) is 29.6 Å². The van der Waals surface area contributed by atoms with Crippen molar-refractivity contribution in [2.75, 3.05) is 6.61 Å². The van der Waals surface area contributed by atoms with Crippen LogP contribution in [0.15, 0.2) is 24.3 Å². The van der Waals surface area contributed by atoms with Gasteiger partial charge in [-0.15, -0.1) is 0 Å². The van der Waals surface area contributed by atoms with E-state index in [2.05, 4.69) is 30.0 Å². The van der Waals surface area contributed by atoms with Crippen molar-refractivity contribution < 1.29 is 14.3 Å². The average molecular weight is 378 g/mol. The summed E-state index contributed by atoms with van der Waals surface area (Å²) < 4.78 is 5.36. The molecule has 1 aliphatic rings. The number of thiocarbonyl (C=S) groups is 1. The molecule has 5 N–H and O–H groups in total. The molecule has 1 fully saturated rings. The molecule has 1 aromatic rings. The van der Waals surface area contributed by atoms with Gasteiger partial charge in [0.25, 0.3) is 11.8 Å². The third-order valence-electron chi connectivity index (χ3n) is 4.85. The molecule has 1 aromatic carbocycles. The Bertz CT molecular complexity index is 668. The van der Waals surface area contributed by atoms with Crippen LogP contribution in [0.2, 0.25) is 0 Å². The van der Waals surface area contributed by atoms with E-state index in [1.807, 2.05) is 0 Å². The van der Waals surface area contributed by atoms with E-state index < -0.39 is 11.8 Å². The first-order valence-corrected chi connectivity index (χ1v) is 9.16. The molecule has 0 bridgehead atoms. The second-order valence-corrected chi connectivity index (χ2v) is 7.08. The molecule has 0 aromatic heterocycles. The van der Waals surface area contributed by atoms with Gasteiger partial charge in [-0.25, -0.2) is 0 Å². The first-order valence-electron chi connectivity index (χ1n) is 8.75. The quantitative estimate of drug-likeness (QED) is 0.457. The van der Waals surface area contributed by atoms with Crippen LogP contribution in [-0.2, 0) is 4.79 Å². The van der Waals surface area contributed by atoms with E-state index in [0.717, 1.165) is 6.42 Å². The molecule has 2 amide bonds. The maximum absolute atomic E-state index is 11.9. The van der Waals surface area contributed by atoms with Gasteiger partial charge in [-0.2, -0.15) is 0 Å². The molecule has 1 aliphatic carbocycles. The van der Waals surface area contributed by atoms with Gasteiger partial charge in [0.15, 0.2) is 11.7 Å². The minimum atomic E-state index is -0.611. The molecule has 0 heterocycles. The molecule has 3 atom stereocenters. The maximum atomic E-state index is 11.9. The Balaban J connectivity index is 1.75. The van der Waals surface area contributed by atoms with Crippen molar-refractivity contribution in [1.82, 2.24) is 16.2 Å². The van der Waals surface area contributed by atoms with Crippen molar-refractivity contribution in [1.29, 1.82) is 0 Å². The fourth-order valence-electron chi connectivity index (χ4n) is 3.09. The summed E-state index contributed by atoms with van der Waals surface area (Å²) >= 11 is 5.24. The minimum absolute atomic E-state index is 0.228. The fraction of sp³-hybridized carbons (Fsp3) is 0.500. The summed E-state index contributed by atoms with van der Waals surface area (Å²) in [5.41, 5.74) is 10.7. The zero-order valence-electron chi connectivity index (χ0n) is 15.1. The van der Waals surface area contributed by atoms with E-state index in [9.17, 15) is 9.59 Å². The molecule has 0 radical (unpaired) electrons. The highest BCUT2D eigenvalue weighted by Crippen LogP contribution is 2.29. The minimum Gasteiger partial charge on any atom is -0.483 e. The van der Waals surface area contributed by atoms with Gasteiger partial charge in [0.2, 0.25) is 0 Å². The smallest absolute Gasteiger partial charge is 0.276 e. The number of hydrogen-bond acceptors (Lipinski definition) is 4. The summed E-state index contributed by atoms with van der Waals surface area (Å²) in [6.45, 7) is 4.20. The predicted octanol–water partition coefficient (Wildman–Crippen LogP) is 1.48. The molecular weight excluding hydrogens is 352 g/mol. The number of carbonyl (C=O) groups is 2. The molecule has 8 heteroatoms. The third kappa shape index (κ3) is 5.59. The summed E-state index contributed by atoms with van der Waals surface area (Å²) in [7, 11) is 0. The van der Waals surface area contributed by atoms with Crippen LogP contribution in [0.3, 0.4) is 0 Å². The summed E-state index contributed by atoms with van der Waals surface area (Å²) in [6.07, 6.45) is 3.47. The maximum Gasteiger partial charge on any atom is 0.276 e. The standard InChI is InChI=1S/C18H26N4O3S/c1-11-6-5-8-14(12(11)2)20-18(26)22-21-16(23)10-25-15-9-4-3-7-13(15)17(19)24/h3-4,7,9,11-12,14H,5-6,8,10H2,1-2H3,(H2,19,24)(H,21,23)(H2,20,22,26)/t11-,12-,14-/m1/s1. The van der Waals surface area contributed by atoms with E-state index in [1.54, 1.807) is 24.3 Å². The van der Waals surface area contributed by atoms with E-state index >= 15 is 0 Å². The van der Waals surface area contributed by atoms with Crippen molar-refractivity contribution in [3.05, 3.63) is 29.8 Å². The van der Waals surface area contributed by atoms with Gasteiger partial charge in [0, 0.05) is 6.04 Å². The van der Waals surface area contributed by atoms with Gasteiger partial charge < -0.3 is 15.8 Å². The van der Waals surface area contributed by atoms with E-state index in [0.29, 0.717) is 23.0 Å². The molecule has 2 rings (SSSR count). The molecule has 0 spiro atoms. The van der Waals surface area contributed by atoms with Crippen LogP contribution >= 0.6 is 12.2 Å². The average Bonchev–Trinajstić information content (AvgIpc) is 2.62. The monoisotopic (exact) mass is 378 g/mol. The van der Waals surface area contributed by atoms with Gasteiger partial charge in [-0.1, -0.05) is 38.8 Å². The van der Waals surface area contributed by atoms with E-state index in [4.69, 9.17) is 22.7 Å². The van der Waals surface area contributed by atoms with Crippen LogP contribution in [0.4, 0.5) is 0 Å². The van der Waals surface area contributed by atoms with E-state index in [1.165, 1.54) is 12.8 Å². The number of primary amides is 1. The number of hydrogen-bond donors (Lipinski definition) is 4. The molecule has 142 valence electrons. The number of ether oxygens (including phenoxy) is 1. The molecule has 1 saturated carbocycles. The predicted molar refractivity (Wildman–Crippen MR) is 103 cm³/mol. The molecule has 0 saturated heterocycles. The Hall–Kier alpha value is -2.35. The first-order chi connectivity index (χ1) is 12.4. The molecule has 7 nitrogen and oxygen atoms in total. The molecule has 0 aliphatic heterocycles. The molecule has 26 heavy (non-hydrogen) atoms. The van der Waals surface area contributed by atoms with Crippen LogP contribution in [0.25, 0.3) is 0 Å². The molecular formula is C18H26N4O3S. The van der Waals surface area contributed by atoms with Crippen LogP contribution < -0.4 is 26.6 Å². The highest BCUT2D eigenvalue weighted by molar-refractivity contribution is 7.80. The first kappa shape index (κ1) is 20.0. The summed E-state index contributed by atoms with van der Waals surface area (Å²) in [5.74, 6) is 0.407. The zero-order valence-corrected chi connectivity index (χ0v) is 15.9. The number of nitrogens with two attached hydrogens (primary N) is 1. The van der Waals surface area contributed by atoms with Crippen molar-refractivity contribution in [2.45, 2.75) is 39.2 Å². The van der Waals surface area contributed by atoms with Crippen molar-refractivity contribution in [3.63, 3.8) is 0 Å². The van der Waals surface area contributed by atoms with Gasteiger partial charge in [-0.3, -0.25) is 20.4 Å². The van der Waals surface area contributed by atoms with Crippen molar-refractivity contribution >= 4 is 29.1 Å². The lowest BCUT2D eigenvalue weighted by Gasteiger charge is -2.35. The largest absolute Gasteiger partial charge is 0.483 e. The van der Waals surface area contributed by atoms with Crippen LogP contribution in [0.5, 0.6) is 5.75 Å². The number of rotatable bonds is 5. The van der Waals surface area contributed by atoms with Gasteiger partial charge in [0.05, 0.1) is 5.56 Å². The van der Waals surface area contributed by atoms with E-state index in [-0.39, 0.29) is 17.9 Å². The Labute approximate surface area is 159 Å². The number of amides is 2. The van der Waals surface area contributed by atoms with Gasteiger partial charge in [0.1, 0.15) is 5.75 Å². The number of hydrazine groups is 1. The van der Waals surface area contributed by atoms with Crippen molar-refractivity contribution in [2.24, 2.45) is 17.6 Å². The second kappa shape index (κ2) is 9.38. The number of para-hydroxylation sites is 1. The fourth-order valence-corrected chi connectivity index (χ4v) is 3.29. The summed E-state index contributed by atoms with van der Waals surface area (Å²) in [5, 5.41) is 3.63. The lowest BCUT2D eigenvalue weighted by Crippen LogP contribution is -2.53. The highest BCUT2D eigenvalue weighted by Gasteiger charge is 2.27. The van der Waals surface area contributed by atoms with Crippen LogP contribution in [0.1, 0.15) is 43.5 Å². The Morgan fingerprint density at radius 1 is 1.23 bits per heavy atom. The Kier molecular flexibility index (Phi) is 7.20. The number of nitrogens with one attached hydrogen (secondary N) is 3. The lowest BCUT2D eigenvalue weighted by atomic mass is 9.78. The lowest BCUT2D eigenvalue weighted by molar-refractivity contribution is -0.123. The topological polar surface area (TPSA) is 105 Å². The SMILES string of the molecule is C[C@@H]1[C@H](C)CCC[C@H]1NC(=S)NNC(=O)COc1ccccc1C(N)=O. The summed E-state index contributed by atoms with van der Waals surface area (Å²) in [4.78, 5) is 23.2.